The molecule has 0 fully saturated rings. The van der Waals surface area contributed by atoms with E-state index in [1.807, 2.05) is 30.0 Å². The summed E-state index contributed by atoms with van der Waals surface area (Å²) in [5, 5.41) is 9.17. The smallest absolute Gasteiger partial charge is 0.307 e. The zero-order valence-electron chi connectivity index (χ0n) is 10.4. The minimum atomic E-state index is -0.248. The highest BCUT2D eigenvalue weighted by molar-refractivity contribution is 9.10. The average molecular weight is 311 g/mol. The van der Waals surface area contributed by atoms with Crippen LogP contribution in [-0.4, -0.2) is 26.2 Å². The number of nitriles is 1. The van der Waals surface area contributed by atoms with Crippen molar-refractivity contribution in [1.29, 1.82) is 5.26 Å². The fourth-order valence-corrected chi connectivity index (χ4v) is 2.11. The summed E-state index contributed by atoms with van der Waals surface area (Å²) in [7, 11) is 1.37. The molecule has 0 unspecified atom stereocenters. The summed E-state index contributed by atoms with van der Waals surface area (Å²) in [6.07, 6.45) is 0.307. The number of hydrogen-bond acceptors (Lipinski definition) is 4. The Bertz CT molecular complexity index is 469. The lowest BCUT2D eigenvalue weighted by molar-refractivity contribution is -0.140. The van der Waals surface area contributed by atoms with E-state index in [-0.39, 0.29) is 5.97 Å². The van der Waals surface area contributed by atoms with Gasteiger partial charge < -0.3 is 9.64 Å². The molecule has 0 saturated carbocycles. The highest BCUT2D eigenvalue weighted by Gasteiger charge is 2.13. The molecule has 1 rings (SSSR count). The molecule has 0 bridgehead atoms. The molecular weight excluding hydrogens is 296 g/mol. The van der Waals surface area contributed by atoms with Gasteiger partial charge in [0.2, 0.25) is 0 Å². The van der Waals surface area contributed by atoms with Crippen LogP contribution in [0, 0.1) is 11.3 Å². The summed E-state index contributed by atoms with van der Waals surface area (Å²) in [6, 6.07) is 7.76. The molecule has 0 saturated heterocycles. The Balaban J connectivity index is 2.92. The zero-order valence-corrected chi connectivity index (χ0v) is 12.0. The van der Waals surface area contributed by atoms with Gasteiger partial charge in [0, 0.05) is 17.6 Å². The molecule has 4 nitrogen and oxygen atoms in total. The molecule has 0 N–H and O–H groups in total. The van der Waals surface area contributed by atoms with Crippen LogP contribution in [0.2, 0.25) is 0 Å². The quantitative estimate of drug-likeness (QED) is 0.785. The number of nitrogens with zero attached hydrogens (tertiary/aromatic N) is 2. The Morgan fingerprint density at radius 1 is 1.56 bits per heavy atom. The Labute approximate surface area is 115 Å². The second-order valence-electron chi connectivity index (χ2n) is 3.65. The molecule has 0 aliphatic rings. The van der Waals surface area contributed by atoms with Gasteiger partial charge in [0.25, 0.3) is 0 Å². The number of carbonyl (C=O) groups excluding carboxylic acids is 1. The van der Waals surface area contributed by atoms with Crippen LogP contribution < -0.4 is 4.90 Å². The molecule has 0 aliphatic carbocycles. The monoisotopic (exact) mass is 310 g/mol. The zero-order chi connectivity index (χ0) is 13.5. The van der Waals surface area contributed by atoms with Gasteiger partial charge in [-0.1, -0.05) is 6.07 Å². The maximum Gasteiger partial charge on any atom is 0.307 e. The highest BCUT2D eigenvalue weighted by Crippen LogP contribution is 2.27. The van der Waals surface area contributed by atoms with E-state index in [1.54, 1.807) is 0 Å². The van der Waals surface area contributed by atoms with E-state index in [0.29, 0.717) is 18.5 Å². The Morgan fingerprint density at radius 2 is 2.28 bits per heavy atom. The second kappa shape index (κ2) is 7.02. The molecule has 0 aromatic heterocycles. The van der Waals surface area contributed by atoms with Crippen LogP contribution >= 0.6 is 15.9 Å². The minimum Gasteiger partial charge on any atom is -0.469 e. The molecule has 0 heterocycles. The SMILES string of the molecule is CCN(CCC(=O)OC)c1cccc(Br)c1C#N. The second-order valence-corrected chi connectivity index (χ2v) is 4.51. The predicted molar refractivity (Wildman–Crippen MR) is 73.4 cm³/mol. The molecule has 0 aliphatic heterocycles. The fourth-order valence-electron chi connectivity index (χ4n) is 1.66. The van der Waals surface area contributed by atoms with Crippen molar-refractivity contribution >= 4 is 27.6 Å². The van der Waals surface area contributed by atoms with Gasteiger partial charge in [-0.05, 0) is 35.0 Å². The number of methoxy groups -OCH3 is 1. The molecule has 0 atom stereocenters. The number of anilines is 1. The summed E-state index contributed by atoms with van der Waals surface area (Å²) < 4.78 is 5.38. The first-order chi connectivity index (χ1) is 8.63. The van der Waals surface area contributed by atoms with Gasteiger partial charge in [0.05, 0.1) is 24.8 Å². The van der Waals surface area contributed by atoms with E-state index < -0.39 is 0 Å². The van der Waals surface area contributed by atoms with E-state index in [0.717, 1.165) is 16.7 Å². The van der Waals surface area contributed by atoms with Crippen LogP contribution in [0.4, 0.5) is 5.69 Å². The lowest BCUT2D eigenvalue weighted by atomic mass is 10.1. The minimum absolute atomic E-state index is 0.248. The maximum atomic E-state index is 11.2. The lowest BCUT2D eigenvalue weighted by Gasteiger charge is -2.24. The van der Waals surface area contributed by atoms with Crippen molar-refractivity contribution in [1.82, 2.24) is 0 Å². The van der Waals surface area contributed by atoms with Crippen molar-refractivity contribution in [3.05, 3.63) is 28.2 Å². The van der Waals surface area contributed by atoms with E-state index >= 15 is 0 Å². The molecule has 96 valence electrons. The summed E-state index contributed by atoms with van der Waals surface area (Å²) >= 11 is 3.36. The van der Waals surface area contributed by atoms with E-state index in [9.17, 15) is 4.79 Å². The number of halogens is 1. The van der Waals surface area contributed by atoms with Crippen molar-refractivity contribution in [2.24, 2.45) is 0 Å². The first-order valence-electron chi connectivity index (χ1n) is 5.64. The predicted octanol–water partition coefficient (Wildman–Crippen LogP) is 2.71. The molecule has 5 heteroatoms. The number of rotatable bonds is 5. The van der Waals surface area contributed by atoms with Crippen molar-refractivity contribution in [2.45, 2.75) is 13.3 Å². The number of carbonyl (C=O) groups is 1. The molecule has 0 amide bonds. The van der Waals surface area contributed by atoms with Gasteiger partial charge in [-0.25, -0.2) is 0 Å². The summed E-state index contributed by atoms with van der Waals surface area (Å²) in [5.41, 5.74) is 1.42. The van der Waals surface area contributed by atoms with Crippen LogP contribution in [-0.2, 0) is 9.53 Å². The van der Waals surface area contributed by atoms with E-state index in [2.05, 4.69) is 26.7 Å². The molecule has 0 radical (unpaired) electrons. The molecule has 18 heavy (non-hydrogen) atoms. The molecular formula is C13H15BrN2O2. The molecule has 1 aromatic carbocycles. The Kier molecular flexibility index (Phi) is 5.66. The summed E-state index contributed by atoms with van der Waals surface area (Å²) in [4.78, 5) is 13.1. The Hall–Kier alpha value is -1.54. The van der Waals surface area contributed by atoms with Crippen LogP contribution in [0.1, 0.15) is 18.9 Å². The van der Waals surface area contributed by atoms with Crippen LogP contribution in [0.3, 0.4) is 0 Å². The van der Waals surface area contributed by atoms with Crippen molar-refractivity contribution in [2.75, 3.05) is 25.1 Å². The van der Waals surface area contributed by atoms with Crippen LogP contribution in [0.5, 0.6) is 0 Å². The highest BCUT2D eigenvalue weighted by atomic mass is 79.9. The topological polar surface area (TPSA) is 53.3 Å². The number of hydrogen-bond donors (Lipinski definition) is 0. The first-order valence-corrected chi connectivity index (χ1v) is 6.43. The number of benzene rings is 1. The van der Waals surface area contributed by atoms with Gasteiger partial charge in [-0.2, -0.15) is 5.26 Å². The van der Waals surface area contributed by atoms with Gasteiger partial charge in [-0.15, -0.1) is 0 Å². The standard InChI is InChI=1S/C13H15BrN2O2/c1-3-16(8-7-13(17)18-2)12-6-4-5-11(14)10(12)9-15/h4-6H,3,7-8H2,1-2H3. The van der Waals surface area contributed by atoms with Crippen molar-refractivity contribution in [3.63, 3.8) is 0 Å². The summed E-state index contributed by atoms with van der Waals surface area (Å²) in [5.74, 6) is -0.248. The maximum absolute atomic E-state index is 11.2. The van der Waals surface area contributed by atoms with Gasteiger partial charge in [0.1, 0.15) is 6.07 Å². The van der Waals surface area contributed by atoms with Gasteiger partial charge in [-0.3, -0.25) is 4.79 Å². The lowest BCUT2D eigenvalue weighted by Crippen LogP contribution is -2.26. The van der Waals surface area contributed by atoms with Crippen molar-refractivity contribution < 1.29 is 9.53 Å². The third-order valence-electron chi connectivity index (χ3n) is 2.64. The fraction of sp³-hybridized carbons (Fsp3) is 0.385. The normalized spacial score (nSPS) is 9.67. The van der Waals surface area contributed by atoms with Crippen LogP contribution in [0.25, 0.3) is 0 Å². The number of esters is 1. The van der Waals surface area contributed by atoms with Gasteiger partial charge in [0.15, 0.2) is 0 Å². The molecule has 1 aromatic rings. The van der Waals surface area contributed by atoms with E-state index in [1.165, 1.54) is 7.11 Å². The third kappa shape index (κ3) is 3.47. The Morgan fingerprint density at radius 3 is 2.83 bits per heavy atom. The number of ether oxygens (including phenoxy) is 1. The van der Waals surface area contributed by atoms with Gasteiger partial charge >= 0.3 is 5.97 Å². The first kappa shape index (κ1) is 14.5. The van der Waals surface area contributed by atoms with Crippen molar-refractivity contribution in [3.8, 4) is 6.07 Å². The summed E-state index contributed by atoms with van der Waals surface area (Å²) in [6.45, 7) is 3.25. The average Bonchev–Trinajstić information content (AvgIpc) is 2.39. The van der Waals surface area contributed by atoms with Crippen LogP contribution in [0.15, 0.2) is 22.7 Å². The third-order valence-corrected chi connectivity index (χ3v) is 3.30. The molecule has 0 spiro atoms. The largest absolute Gasteiger partial charge is 0.469 e. The van der Waals surface area contributed by atoms with E-state index in [4.69, 9.17) is 5.26 Å².